The van der Waals surface area contributed by atoms with Crippen molar-refractivity contribution in [1.82, 2.24) is 9.78 Å². The van der Waals surface area contributed by atoms with Gasteiger partial charge in [0.15, 0.2) is 0 Å². The first-order valence-electron chi connectivity index (χ1n) is 6.37. The molecule has 1 aromatic rings. The molecule has 0 unspecified atom stereocenters. The second-order valence-electron chi connectivity index (χ2n) is 4.29. The monoisotopic (exact) mass is 331 g/mol. The number of carbonyl (C=O) groups excluding carboxylic acids is 1. The van der Waals surface area contributed by atoms with Crippen LogP contribution in [0.1, 0.15) is 23.7 Å². The maximum atomic E-state index is 12.1. The molecule has 6 nitrogen and oxygen atoms in total. The van der Waals surface area contributed by atoms with Crippen LogP contribution >= 0.6 is 15.9 Å². The molecule has 0 radical (unpaired) electrons. The zero-order valence-electron chi connectivity index (χ0n) is 11.2. The maximum absolute atomic E-state index is 12.1. The Balaban J connectivity index is 2.34. The van der Waals surface area contributed by atoms with Crippen LogP contribution < -0.4 is 4.90 Å². The quantitative estimate of drug-likeness (QED) is 0.787. The number of anilines is 1. The topological polar surface area (TPSA) is 56.6 Å². The number of hydrogen-bond donors (Lipinski definition) is 0. The Morgan fingerprint density at radius 3 is 3.00 bits per heavy atom. The van der Waals surface area contributed by atoms with Crippen molar-refractivity contribution in [1.29, 1.82) is 0 Å². The van der Waals surface area contributed by atoms with Gasteiger partial charge < -0.3 is 14.4 Å². The van der Waals surface area contributed by atoms with E-state index < -0.39 is 0 Å². The molecule has 0 aromatic carbocycles. The van der Waals surface area contributed by atoms with E-state index in [-0.39, 0.29) is 5.97 Å². The average Bonchev–Trinajstić information content (AvgIpc) is 2.58. The van der Waals surface area contributed by atoms with E-state index in [4.69, 9.17) is 9.47 Å². The van der Waals surface area contributed by atoms with Crippen LogP contribution in [0.2, 0.25) is 0 Å². The van der Waals surface area contributed by atoms with Crippen LogP contribution in [0.3, 0.4) is 0 Å². The Hall–Kier alpha value is -1.08. The summed E-state index contributed by atoms with van der Waals surface area (Å²) in [7, 11) is 1.83. The smallest absolute Gasteiger partial charge is 0.344 e. The van der Waals surface area contributed by atoms with Crippen molar-refractivity contribution in [3.8, 4) is 0 Å². The lowest BCUT2D eigenvalue weighted by Crippen LogP contribution is -2.29. The Morgan fingerprint density at radius 1 is 1.47 bits per heavy atom. The number of esters is 1. The number of hydrogen-bond acceptors (Lipinski definition) is 5. The highest BCUT2D eigenvalue weighted by Gasteiger charge is 2.27. The van der Waals surface area contributed by atoms with E-state index in [9.17, 15) is 4.79 Å². The lowest BCUT2D eigenvalue weighted by molar-refractivity contribution is 0.0526. The molecular formula is C12H18BrN3O3. The highest BCUT2D eigenvalue weighted by atomic mass is 79.9. The maximum Gasteiger partial charge on any atom is 0.344 e. The van der Waals surface area contributed by atoms with Gasteiger partial charge in [-0.15, -0.1) is 0 Å². The molecule has 1 aliphatic heterocycles. The second kappa shape index (κ2) is 6.38. The molecule has 1 fully saturated rings. The minimum atomic E-state index is -0.345. The van der Waals surface area contributed by atoms with E-state index in [1.165, 1.54) is 0 Å². The van der Waals surface area contributed by atoms with E-state index >= 15 is 0 Å². The molecule has 0 spiro atoms. The van der Waals surface area contributed by atoms with Gasteiger partial charge in [0.1, 0.15) is 16.0 Å². The summed E-state index contributed by atoms with van der Waals surface area (Å²) in [5.41, 5.74) is 0.492. The average molecular weight is 332 g/mol. The zero-order valence-corrected chi connectivity index (χ0v) is 12.8. The fourth-order valence-corrected chi connectivity index (χ4v) is 2.76. The number of aromatic nitrogens is 2. The lowest BCUT2D eigenvalue weighted by Gasteiger charge is -2.22. The van der Waals surface area contributed by atoms with Gasteiger partial charge in [0.2, 0.25) is 0 Å². The summed E-state index contributed by atoms with van der Waals surface area (Å²) >= 11 is 3.33. The van der Waals surface area contributed by atoms with E-state index in [1.807, 2.05) is 7.05 Å². The predicted octanol–water partition coefficient (Wildman–Crippen LogP) is 1.59. The summed E-state index contributed by atoms with van der Waals surface area (Å²) in [6, 6.07) is 0. The van der Waals surface area contributed by atoms with E-state index in [0.29, 0.717) is 23.4 Å². The van der Waals surface area contributed by atoms with Gasteiger partial charge in [0.05, 0.1) is 13.2 Å². The molecule has 0 amide bonds. The van der Waals surface area contributed by atoms with E-state index in [0.717, 1.165) is 31.9 Å². The second-order valence-corrected chi connectivity index (χ2v) is 5.04. The Bertz CT molecular complexity index is 453. The van der Waals surface area contributed by atoms with Gasteiger partial charge in [-0.3, -0.25) is 4.68 Å². The van der Waals surface area contributed by atoms with E-state index in [2.05, 4.69) is 25.9 Å². The number of carbonyl (C=O) groups is 1. The summed E-state index contributed by atoms with van der Waals surface area (Å²) in [4.78, 5) is 14.2. The standard InChI is InChI=1S/C12H18BrN3O3/c1-3-19-12(17)9-10(13)14-15(2)11(9)16-5-4-7-18-8-6-16/h3-8H2,1-2H3. The molecule has 19 heavy (non-hydrogen) atoms. The van der Waals surface area contributed by atoms with Gasteiger partial charge in [-0.05, 0) is 29.3 Å². The first-order chi connectivity index (χ1) is 9.15. The van der Waals surface area contributed by atoms with Crippen molar-refractivity contribution >= 4 is 27.7 Å². The summed E-state index contributed by atoms with van der Waals surface area (Å²) in [5, 5.41) is 4.27. The van der Waals surface area contributed by atoms with Crippen LogP contribution in [0.25, 0.3) is 0 Å². The van der Waals surface area contributed by atoms with Crippen LogP contribution in [0.5, 0.6) is 0 Å². The third-order valence-electron chi connectivity index (χ3n) is 2.98. The fourth-order valence-electron chi connectivity index (χ4n) is 2.18. The number of halogens is 1. The largest absolute Gasteiger partial charge is 0.462 e. The van der Waals surface area contributed by atoms with Crippen LogP contribution in [0, 0.1) is 0 Å². The molecule has 0 atom stereocenters. The van der Waals surface area contributed by atoms with Gasteiger partial charge in [-0.25, -0.2) is 4.79 Å². The lowest BCUT2D eigenvalue weighted by atomic mass is 10.3. The van der Waals surface area contributed by atoms with Gasteiger partial charge in [-0.2, -0.15) is 5.10 Å². The summed E-state index contributed by atoms with van der Waals surface area (Å²) in [5.74, 6) is 0.443. The first-order valence-corrected chi connectivity index (χ1v) is 7.16. The molecule has 2 rings (SSSR count). The minimum Gasteiger partial charge on any atom is -0.462 e. The third kappa shape index (κ3) is 3.09. The molecule has 106 valence electrons. The fraction of sp³-hybridized carbons (Fsp3) is 0.667. The zero-order chi connectivity index (χ0) is 13.8. The van der Waals surface area contributed by atoms with Crippen molar-refractivity contribution in [2.24, 2.45) is 7.05 Å². The highest BCUT2D eigenvalue weighted by Crippen LogP contribution is 2.28. The SMILES string of the molecule is CCOC(=O)c1c(Br)nn(C)c1N1CCCOCC1. The van der Waals surface area contributed by atoms with Crippen molar-refractivity contribution < 1.29 is 14.3 Å². The van der Waals surface area contributed by atoms with Gasteiger partial charge in [0.25, 0.3) is 0 Å². The first kappa shape index (κ1) is 14.3. The number of ether oxygens (including phenoxy) is 2. The molecule has 1 aromatic heterocycles. The van der Waals surface area contributed by atoms with Crippen molar-refractivity contribution in [2.45, 2.75) is 13.3 Å². The summed E-state index contributed by atoms with van der Waals surface area (Å²) in [6.45, 7) is 5.15. The normalized spacial score (nSPS) is 16.3. The molecule has 7 heteroatoms. The molecule has 0 N–H and O–H groups in total. The summed E-state index contributed by atoms with van der Waals surface area (Å²) < 4.78 is 12.8. The Labute approximate surface area is 120 Å². The van der Waals surface area contributed by atoms with Crippen LogP contribution in [0.15, 0.2) is 4.60 Å². The Morgan fingerprint density at radius 2 is 2.26 bits per heavy atom. The Kier molecular flexibility index (Phi) is 4.81. The molecular weight excluding hydrogens is 314 g/mol. The van der Waals surface area contributed by atoms with Crippen LogP contribution in [0.4, 0.5) is 5.82 Å². The number of nitrogens with zero attached hydrogens (tertiary/aromatic N) is 3. The van der Waals surface area contributed by atoms with E-state index in [1.54, 1.807) is 11.6 Å². The van der Waals surface area contributed by atoms with Crippen molar-refractivity contribution in [3.63, 3.8) is 0 Å². The molecule has 2 heterocycles. The number of aryl methyl sites for hydroxylation is 1. The molecule has 1 saturated heterocycles. The predicted molar refractivity (Wildman–Crippen MR) is 74.5 cm³/mol. The number of rotatable bonds is 3. The van der Waals surface area contributed by atoms with Gasteiger partial charge >= 0.3 is 5.97 Å². The molecule has 0 aliphatic carbocycles. The van der Waals surface area contributed by atoms with Crippen molar-refractivity contribution in [3.05, 3.63) is 10.2 Å². The molecule has 0 saturated carbocycles. The molecule has 0 bridgehead atoms. The van der Waals surface area contributed by atoms with Crippen LogP contribution in [-0.4, -0.2) is 48.7 Å². The molecule has 1 aliphatic rings. The van der Waals surface area contributed by atoms with Crippen LogP contribution in [-0.2, 0) is 16.5 Å². The van der Waals surface area contributed by atoms with Gasteiger partial charge in [0, 0.05) is 26.7 Å². The van der Waals surface area contributed by atoms with Crippen molar-refractivity contribution in [2.75, 3.05) is 37.8 Å². The third-order valence-corrected chi connectivity index (χ3v) is 3.53. The summed E-state index contributed by atoms with van der Waals surface area (Å²) in [6.07, 6.45) is 0.936. The van der Waals surface area contributed by atoms with Gasteiger partial charge in [-0.1, -0.05) is 0 Å². The highest BCUT2D eigenvalue weighted by molar-refractivity contribution is 9.10. The minimum absolute atomic E-state index is 0.345.